The zero-order chi connectivity index (χ0) is 12.8. The molecule has 4 heteroatoms. The first kappa shape index (κ1) is 12.9. The predicted octanol–water partition coefficient (Wildman–Crippen LogP) is 1.76. The molecule has 0 aromatic heterocycles. The number of ether oxygens (including phenoxy) is 1. The summed E-state index contributed by atoms with van der Waals surface area (Å²) in [4.78, 5) is 0. The maximum Gasteiger partial charge on any atom is 0.101 e. The standard InChI is InChI=1S/C14H18N2O2/c15-7-12-3-1-2-4-14(12)16-8-13(17)10-18-9-11-5-6-11/h1-4,11,13,16-17H,5-6,8-10H2. The third kappa shape index (κ3) is 4.02. The second-order valence-corrected chi connectivity index (χ2v) is 4.67. The molecule has 0 aliphatic heterocycles. The Morgan fingerprint density at radius 1 is 1.44 bits per heavy atom. The van der Waals surface area contributed by atoms with Crippen LogP contribution in [-0.2, 0) is 4.74 Å². The van der Waals surface area contributed by atoms with Crippen molar-refractivity contribution >= 4 is 5.69 Å². The lowest BCUT2D eigenvalue weighted by Crippen LogP contribution is -2.25. The van der Waals surface area contributed by atoms with Gasteiger partial charge in [-0.1, -0.05) is 12.1 Å². The molecule has 1 aliphatic rings. The van der Waals surface area contributed by atoms with Gasteiger partial charge >= 0.3 is 0 Å². The van der Waals surface area contributed by atoms with Crippen molar-refractivity contribution in [2.24, 2.45) is 5.92 Å². The van der Waals surface area contributed by atoms with E-state index in [-0.39, 0.29) is 0 Å². The second-order valence-electron chi connectivity index (χ2n) is 4.67. The van der Waals surface area contributed by atoms with E-state index < -0.39 is 6.10 Å². The Morgan fingerprint density at radius 2 is 2.22 bits per heavy atom. The number of anilines is 1. The molecule has 0 saturated heterocycles. The lowest BCUT2D eigenvalue weighted by Gasteiger charge is -2.13. The molecular weight excluding hydrogens is 228 g/mol. The summed E-state index contributed by atoms with van der Waals surface area (Å²) in [6, 6.07) is 9.37. The van der Waals surface area contributed by atoms with E-state index in [9.17, 15) is 5.11 Å². The highest BCUT2D eigenvalue weighted by Gasteiger charge is 2.21. The van der Waals surface area contributed by atoms with Gasteiger partial charge in [0.2, 0.25) is 0 Å². The Hall–Kier alpha value is -1.57. The van der Waals surface area contributed by atoms with E-state index in [2.05, 4.69) is 11.4 Å². The average molecular weight is 246 g/mol. The minimum absolute atomic E-state index is 0.345. The first-order chi connectivity index (χ1) is 8.79. The van der Waals surface area contributed by atoms with Crippen LogP contribution in [0.2, 0.25) is 0 Å². The van der Waals surface area contributed by atoms with Gasteiger partial charge < -0.3 is 15.2 Å². The van der Waals surface area contributed by atoms with Crippen LogP contribution in [0, 0.1) is 17.2 Å². The SMILES string of the molecule is N#Cc1ccccc1NCC(O)COCC1CC1. The highest BCUT2D eigenvalue weighted by molar-refractivity contribution is 5.57. The van der Waals surface area contributed by atoms with E-state index in [1.165, 1.54) is 12.8 Å². The molecule has 1 aromatic carbocycles. The zero-order valence-electron chi connectivity index (χ0n) is 10.3. The Bertz CT molecular complexity index is 424. The van der Waals surface area contributed by atoms with Crippen molar-refractivity contribution in [1.29, 1.82) is 5.26 Å². The number of para-hydroxylation sites is 1. The molecular formula is C14H18N2O2. The van der Waals surface area contributed by atoms with E-state index in [1.807, 2.05) is 18.2 Å². The molecule has 0 bridgehead atoms. The van der Waals surface area contributed by atoms with E-state index in [0.29, 0.717) is 24.6 Å². The summed E-state index contributed by atoms with van der Waals surface area (Å²) in [7, 11) is 0. The first-order valence-corrected chi connectivity index (χ1v) is 6.28. The third-order valence-electron chi connectivity index (χ3n) is 2.94. The predicted molar refractivity (Wildman–Crippen MR) is 69.2 cm³/mol. The van der Waals surface area contributed by atoms with Crippen molar-refractivity contribution in [1.82, 2.24) is 0 Å². The number of nitrogens with one attached hydrogen (secondary N) is 1. The van der Waals surface area contributed by atoms with Crippen molar-refractivity contribution in [2.75, 3.05) is 25.1 Å². The van der Waals surface area contributed by atoms with E-state index in [0.717, 1.165) is 12.3 Å². The third-order valence-corrected chi connectivity index (χ3v) is 2.94. The number of aliphatic hydroxyl groups is 1. The Labute approximate surface area is 107 Å². The first-order valence-electron chi connectivity index (χ1n) is 6.28. The Balaban J connectivity index is 1.70. The Morgan fingerprint density at radius 3 is 2.94 bits per heavy atom. The number of rotatable bonds is 7. The summed E-state index contributed by atoms with van der Waals surface area (Å²) >= 11 is 0. The fourth-order valence-electron chi connectivity index (χ4n) is 1.68. The minimum atomic E-state index is -0.546. The summed E-state index contributed by atoms with van der Waals surface area (Å²) in [5.74, 6) is 0.712. The van der Waals surface area contributed by atoms with Crippen LogP contribution in [-0.4, -0.2) is 31.0 Å². The summed E-state index contributed by atoms with van der Waals surface area (Å²) in [6.45, 7) is 1.49. The largest absolute Gasteiger partial charge is 0.389 e. The summed E-state index contributed by atoms with van der Waals surface area (Å²) in [6.07, 6.45) is 1.96. The molecule has 0 radical (unpaired) electrons. The number of aliphatic hydroxyl groups excluding tert-OH is 1. The highest BCUT2D eigenvalue weighted by Crippen LogP contribution is 2.28. The summed E-state index contributed by atoms with van der Waals surface area (Å²) in [5, 5.41) is 21.7. The summed E-state index contributed by atoms with van der Waals surface area (Å²) < 4.78 is 5.41. The van der Waals surface area contributed by atoms with Crippen LogP contribution in [0.4, 0.5) is 5.69 Å². The van der Waals surface area contributed by atoms with Crippen molar-refractivity contribution in [2.45, 2.75) is 18.9 Å². The smallest absolute Gasteiger partial charge is 0.101 e. The molecule has 96 valence electrons. The lowest BCUT2D eigenvalue weighted by molar-refractivity contribution is 0.0386. The second kappa shape index (κ2) is 6.39. The molecule has 1 unspecified atom stereocenters. The number of hydrogen-bond acceptors (Lipinski definition) is 4. The quantitative estimate of drug-likeness (QED) is 0.769. The van der Waals surface area contributed by atoms with Crippen LogP contribution in [0.15, 0.2) is 24.3 Å². The van der Waals surface area contributed by atoms with Gasteiger partial charge in [-0.2, -0.15) is 5.26 Å². The van der Waals surface area contributed by atoms with Crippen LogP contribution >= 0.6 is 0 Å². The molecule has 2 N–H and O–H groups in total. The van der Waals surface area contributed by atoms with Gasteiger partial charge in [0.25, 0.3) is 0 Å². The van der Waals surface area contributed by atoms with Crippen molar-refractivity contribution in [3.05, 3.63) is 29.8 Å². The molecule has 1 atom stereocenters. The van der Waals surface area contributed by atoms with Crippen molar-refractivity contribution in [3.63, 3.8) is 0 Å². The molecule has 2 rings (SSSR count). The van der Waals surface area contributed by atoms with Gasteiger partial charge in [0.05, 0.1) is 24.0 Å². The van der Waals surface area contributed by atoms with Crippen LogP contribution in [0.1, 0.15) is 18.4 Å². The fraction of sp³-hybridized carbons (Fsp3) is 0.500. The molecule has 4 nitrogen and oxygen atoms in total. The van der Waals surface area contributed by atoms with Crippen LogP contribution in [0.3, 0.4) is 0 Å². The van der Waals surface area contributed by atoms with Crippen molar-refractivity contribution in [3.8, 4) is 6.07 Å². The lowest BCUT2D eigenvalue weighted by atomic mass is 10.2. The van der Waals surface area contributed by atoms with Crippen molar-refractivity contribution < 1.29 is 9.84 Å². The molecule has 18 heavy (non-hydrogen) atoms. The normalized spacial score (nSPS) is 16.0. The van der Waals surface area contributed by atoms with Gasteiger partial charge in [-0.25, -0.2) is 0 Å². The highest BCUT2D eigenvalue weighted by atomic mass is 16.5. The van der Waals surface area contributed by atoms with E-state index in [1.54, 1.807) is 6.07 Å². The van der Waals surface area contributed by atoms with E-state index in [4.69, 9.17) is 10.00 Å². The summed E-state index contributed by atoms with van der Waals surface area (Å²) in [5.41, 5.74) is 1.34. The number of hydrogen-bond donors (Lipinski definition) is 2. The molecule has 1 aliphatic carbocycles. The van der Waals surface area contributed by atoms with Gasteiger partial charge in [-0.3, -0.25) is 0 Å². The average Bonchev–Trinajstić information content (AvgIpc) is 3.21. The van der Waals surface area contributed by atoms with Crippen LogP contribution < -0.4 is 5.32 Å². The fourth-order valence-corrected chi connectivity index (χ4v) is 1.68. The Kier molecular flexibility index (Phi) is 4.57. The van der Waals surface area contributed by atoms with Gasteiger partial charge in [-0.05, 0) is 30.9 Å². The molecule has 0 amide bonds. The number of nitriles is 1. The zero-order valence-corrected chi connectivity index (χ0v) is 10.3. The maximum atomic E-state index is 9.74. The number of nitrogens with zero attached hydrogens (tertiary/aromatic N) is 1. The molecule has 1 saturated carbocycles. The topological polar surface area (TPSA) is 65.3 Å². The van der Waals surface area contributed by atoms with Gasteiger partial charge in [-0.15, -0.1) is 0 Å². The molecule has 0 heterocycles. The number of benzene rings is 1. The molecule has 1 fully saturated rings. The maximum absolute atomic E-state index is 9.74. The van der Waals surface area contributed by atoms with Crippen LogP contribution in [0.25, 0.3) is 0 Å². The molecule has 0 spiro atoms. The van der Waals surface area contributed by atoms with Gasteiger partial charge in [0, 0.05) is 13.2 Å². The monoisotopic (exact) mass is 246 g/mol. The minimum Gasteiger partial charge on any atom is -0.389 e. The van der Waals surface area contributed by atoms with Gasteiger partial charge in [0.15, 0.2) is 0 Å². The van der Waals surface area contributed by atoms with Gasteiger partial charge in [0.1, 0.15) is 6.07 Å². The molecule has 1 aromatic rings. The van der Waals surface area contributed by atoms with E-state index >= 15 is 0 Å². The van der Waals surface area contributed by atoms with Crippen LogP contribution in [0.5, 0.6) is 0 Å².